The second kappa shape index (κ2) is 7.57. The maximum absolute atomic E-state index is 12.9. The van der Waals surface area contributed by atoms with Crippen LogP contribution >= 0.6 is 0 Å². The number of H-pyrrole nitrogens is 1. The Morgan fingerprint density at radius 2 is 2.08 bits per heavy atom. The van der Waals surface area contributed by atoms with E-state index in [0.29, 0.717) is 23.7 Å². The van der Waals surface area contributed by atoms with Crippen molar-refractivity contribution in [1.29, 1.82) is 0 Å². The largest absolute Gasteiger partial charge is 0.497 e. The summed E-state index contributed by atoms with van der Waals surface area (Å²) in [5.41, 5.74) is 2.84. The van der Waals surface area contributed by atoms with Gasteiger partial charge >= 0.3 is 0 Å². The van der Waals surface area contributed by atoms with Crippen molar-refractivity contribution >= 4 is 11.6 Å². The predicted molar refractivity (Wildman–Crippen MR) is 93.4 cm³/mol. The topological polar surface area (TPSA) is 92.8 Å². The van der Waals surface area contributed by atoms with Gasteiger partial charge in [0.15, 0.2) is 5.82 Å². The number of hydrogen-bond donors (Lipinski definition) is 2. The van der Waals surface area contributed by atoms with Crippen LogP contribution < -0.4 is 10.1 Å². The van der Waals surface area contributed by atoms with E-state index in [4.69, 9.17) is 4.74 Å². The van der Waals surface area contributed by atoms with Crippen LogP contribution in [0, 0.1) is 6.92 Å². The minimum absolute atomic E-state index is 0.196. The van der Waals surface area contributed by atoms with Gasteiger partial charge in [-0.2, -0.15) is 5.21 Å². The fourth-order valence-electron chi connectivity index (χ4n) is 2.61. The molecule has 1 amide bonds. The van der Waals surface area contributed by atoms with Crippen LogP contribution in [-0.2, 0) is 11.2 Å². The van der Waals surface area contributed by atoms with Gasteiger partial charge in [-0.15, -0.1) is 10.2 Å². The average molecular weight is 337 g/mol. The number of aryl methyl sites for hydroxylation is 1. The van der Waals surface area contributed by atoms with Gasteiger partial charge in [-0.1, -0.05) is 35.5 Å². The maximum Gasteiger partial charge on any atom is 0.235 e. The Kier molecular flexibility index (Phi) is 5.03. The van der Waals surface area contributed by atoms with E-state index < -0.39 is 5.92 Å². The van der Waals surface area contributed by atoms with Gasteiger partial charge in [-0.3, -0.25) is 4.79 Å². The van der Waals surface area contributed by atoms with Crippen molar-refractivity contribution in [1.82, 2.24) is 20.6 Å². The van der Waals surface area contributed by atoms with Crippen LogP contribution in [0.4, 0.5) is 5.69 Å². The Bertz CT molecular complexity index is 848. The first kappa shape index (κ1) is 16.6. The summed E-state index contributed by atoms with van der Waals surface area (Å²) in [7, 11) is 1.58. The molecule has 1 atom stereocenters. The van der Waals surface area contributed by atoms with Gasteiger partial charge in [0.2, 0.25) is 5.91 Å². The van der Waals surface area contributed by atoms with E-state index in [1.54, 1.807) is 13.2 Å². The average Bonchev–Trinajstić information content (AvgIpc) is 3.15. The van der Waals surface area contributed by atoms with E-state index in [2.05, 4.69) is 25.9 Å². The second-order valence-corrected chi connectivity index (χ2v) is 5.67. The number of ether oxygens (including phenoxy) is 1. The molecule has 2 aromatic carbocycles. The van der Waals surface area contributed by atoms with Gasteiger partial charge in [0.05, 0.1) is 7.11 Å². The molecule has 1 heterocycles. The molecule has 1 aromatic heterocycles. The molecule has 25 heavy (non-hydrogen) atoms. The standard InChI is InChI=1S/C18H19N5O2/c1-12-6-3-4-7-13(12)10-16(17-20-22-23-21-17)18(24)19-14-8-5-9-15(11-14)25-2/h3-9,11,16H,10H2,1-2H3,(H,19,24)(H,20,21,22,23). The third-order valence-electron chi connectivity index (χ3n) is 4.01. The molecular formula is C18H19N5O2. The molecule has 2 N–H and O–H groups in total. The van der Waals surface area contributed by atoms with Crippen LogP contribution in [0.25, 0.3) is 0 Å². The third kappa shape index (κ3) is 4.00. The molecule has 7 heteroatoms. The van der Waals surface area contributed by atoms with Gasteiger partial charge in [0, 0.05) is 11.8 Å². The lowest BCUT2D eigenvalue weighted by atomic mass is 9.94. The minimum Gasteiger partial charge on any atom is -0.497 e. The molecule has 7 nitrogen and oxygen atoms in total. The molecular weight excluding hydrogens is 318 g/mol. The summed E-state index contributed by atoms with van der Waals surface area (Å²) in [5.74, 6) is 0.292. The normalized spacial score (nSPS) is 11.8. The van der Waals surface area contributed by atoms with Crippen LogP contribution in [0.2, 0.25) is 0 Å². The summed E-state index contributed by atoms with van der Waals surface area (Å²) >= 11 is 0. The number of nitrogens with one attached hydrogen (secondary N) is 2. The highest BCUT2D eigenvalue weighted by molar-refractivity contribution is 5.95. The van der Waals surface area contributed by atoms with E-state index in [1.165, 1.54) is 0 Å². The number of amides is 1. The molecule has 3 rings (SSSR count). The van der Waals surface area contributed by atoms with Crippen molar-refractivity contribution in [3.05, 3.63) is 65.5 Å². The summed E-state index contributed by atoms with van der Waals surface area (Å²) in [5, 5.41) is 16.9. The van der Waals surface area contributed by atoms with Crippen molar-refractivity contribution in [3.8, 4) is 5.75 Å². The number of nitrogens with zero attached hydrogens (tertiary/aromatic N) is 3. The fraction of sp³-hybridized carbons (Fsp3) is 0.222. The molecule has 0 saturated heterocycles. The highest BCUT2D eigenvalue weighted by Gasteiger charge is 2.26. The lowest BCUT2D eigenvalue weighted by molar-refractivity contribution is -0.117. The summed E-state index contributed by atoms with van der Waals surface area (Å²) in [4.78, 5) is 12.9. The number of tetrazole rings is 1. The smallest absolute Gasteiger partial charge is 0.235 e. The molecule has 0 aliphatic carbocycles. The highest BCUT2D eigenvalue weighted by Crippen LogP contribution is 2.23. The van der Waals surface area contributed by atoms with Crippen LogP contribution in [-0.4, -0.2) is 33.6 Å². The molecule has 0 saturated carbocycles. The number of methoxy groups -OCH3 is 1. The predicted octanol–water partition coefficient (Wildman–Crippen LogP) is 2.48. The number of aromatic amines is 1. The van der Waals surface area contributed by atoms with Gasteiger partial charge < -0.3 is 10.1 Å². The first-order valence-corrected chi connectivity index (χ1v) is 7.90. The molecule has 1 unspecified atom stereocenters. The Morgan fingerprint density at radius 3 is 2.80 bits per heavy atom. The van der Waals surface area contributed by atoms with E-state index in [9.17, 15) is 4.79 Å². The van der Waals surface area contributed by atoms with Gasteiger partial charge in [0.1, 0.15) is 11.7 Å². The SMILES string of the molecule is COc1cccc(NC(=O)C(Cc2ccccc2C)c2nn[nH]n2)c1. The van der Waals surface area contributed by atoms with Crippen molar-refractivity contribution in [2.75, 3.05) is 12.4 Å². The maximum atomic E-state index is 12.9. The van der Waals surface area contributed by atoms with E-state index >= 15 is 0 Å². The van der Waals surface area contributed by atoms with Crippen LogP contribution in [0.3, 0.4) is 0 Å². The second-order valence-electron chi connectivity index (χ2n) is 5.67. The van der Waals surface area contributed by atoms with Crippen molar-refractivity contribution in [3.63, 3.8) is 0 Å². The van der Waals surface area contributed by atoms with Gasteiger partial charge in [-0.25, -0.2) is 0 Å². The van der Waals surface area contributed by atoms with Crippen LogP contribution in [0.5, 0.6) is 5.75 Å². The molecule has 3 aromatic rings. The fourth-order valence-corrected chi connectivity index (χ4v) is 2.61. The summed E-state index contributed by atoms with van der Waals surface area (Å²) in [6.45, 7) is 2.02. The molecule has 0 bridgehead atoms. The first-order valence-electron chi connectivity index (χ1n) is 7.90. The van der Waals surface area contributed by atoms with E-state index in [1.807, 2.05) is 49.4 Å². The lowest BCUT2D eigenvalue weighted by Crippen LogP contribution is -2.24. The summed E-state index contributed by atoms with van der Waals surface area (Å²) < 4.78 is 5.19. The van der Waals surface area contributed by atoms with Crippen molar-refractivity contribution in [2.45, 2.75) is 19.3 Å². The minimum atomic E-state index is -0.550. The number of carbonyl (C=O) groups is 1. The zero-order valence-corrected chi connectivity index (χ0v) is 14.1. The summed E-state index contributed by atoms with van der Waals surface area (Å²) in [6, 6.07) is 15.1. The van der Waals surface area contributed by atoms with Crippen molar-refractivity contribution < 1.29 is 9.53 Å². The molecule has 0 aliphatic rings. The number of benzene rings is 2. The Balaban J connectivity index is 1.84. The van der Waals surface area contributed by atoms with E-state index in [0.717, 1.165) is 11.1 Å². The molecule has 0 fully saturated rings. The summed E-state index contributed by atoms with van der Waals surface area (Å²) in [6.07, 6.45) is 0.488. The number of carbonyl (C=O) groups excluding carboxylic acids is 1. The molecule has 0 radical (unpaired) electrons. The molecule has 0 spiro atoms. The monoisotopic (exact) mass is 337 g/mol. The first-order chi connectivity index (χ1) is 12.2. The molecule has 0 aliphatic heterocycles. The van der Waals surface area contributed by atoms with Crippen LogP contribution in [0.15, 0.2) is 48.5 Å². The number of anilines is 1. The Hall–Kier alpha value is -3.22. The number of rotatable bonds is 6. The number of aromatic nitrogens is 4. The van der Waals surface area contributed by atoms with E-state index in [-0.39, 0.29) is 5.91 Å². The zero-order chi connectivity index (χ0) is 17.6. The Labute approximate surface area is 145 Å². The van der Waals surface area contributed by atoms with Crippen molar-refractivity contribution in [2.24, 2.45) is 0 Å². The third-order valence-corrected chi connectivity index (χ3v) is 4.01. The highest BCUT2D eigenvalue weighted by atomic mass is 16.5. The quantitative estimate of drug-likeness (QED) is 0.721. The van der Waals surface area contributed by atoms with Gasteiger partial charge in [0.25, 0.3) is 0 Å². The zero-order valence-electron chi connectivity index (χ0n) is 14.1. The number of hydrogen-bond acceptors (Lipinski definition) is 5. The van der Waals surface area contributed by atoms with Crippen LogP contribution in [0.1, 0.15) is 22.9 Å². The lowest BCUT2D eigenvalue weighted by Gasteiger charge is -2.15. The molecule has 128 valence electrons. The Morgan fingerprint density at radius 1 is 1.24 bits per heavy atom. The van der Waals surface area contributed by atoms with Gasteiger partial charge in [-0.05, 0) is 36.6 Å².